The average molecular weight is 549 g/mol. The van der Waals surface area contributed by atoms with E-state index in [9.17, 15) is 24.3 Å². The van der Waals surface area contributed by atoms with Crippen molar-refractivity contribution in [1.29, 1.82) is 0 Å². The minimum atomic E-state index is -0.996. The van der Waals surface area contributed by atoms with Gasteiger partial charge in [0.1, 0.15) is 12.1 Å². The standard InChI is InChI=1S/C31H40N4O5/c32-25(18-23-11-5-2-6-12-23)20-28(36)33-21-24(17-22-9-3-1-4-10-22)19-29(37)34-15-7-13-26(34)30(38)35-16-8-14-27(35)31(39)40/h1-6,9-12,24-27H,7-8,13-21,32H2,(H,33,36)(H,39,40). The quantitative estimate of drug-likeness (QED) is 0.373. The third-order valence-electron chi connectivity index (χ3n) is 7.89. The summed E-state index contributed by atoms with van der Waals surface area (Å²) < 4.78 is 0. The number of carbonyl (C=O) groups is 4. The molecule has 9 heteroatoms. The van der Waals surface area contributed by atoms with E-state index in [-0.39, 0.29) is 42.5 Å². The maximum absolute atomic E-state index is 13.5. The third-order valence-corrected chi connectivity index (χ3v) is 7.89. The molecule has 4 unspecified atom stereocenters. The van der Waals surface area contributed by atoms with Crippen molar-refractivity contribution in [1.82, 2.24) is 15.1 Å². The van der Waals surface area contributed by atoms with E-state index in [1.807, 2.05) is 60.7 Å². The van der Waals surface area contributed by atoms with Gasteiger partial charge < -0.3 is 26.0 Å². The van der Waals surface area contributed by atoms with Crippen LogP contribution in [0.25, 0.3) is 0 Å². The Labute approximate surface area is 235 Å². The van der Waals surface area contributed by atoms with Crippen LogP contribution in [-0.4, -0.2) is 76.4 Å². The van der Waals surface area contributed by atoms with Crippen LogP contribution < -0.4 is 11.1 Å². The van der Waals surface area contributed by atoms with Gasteiger partial charge in [-0.2, -0.15) is 0 Å². The summed E-state index contributed by atoms with van der Waals surface area (Å²) in [4.78, 5) is 54.2. The number of nitrogens with zero attached hydrogens (tertiary/aromatic N) is 2. The molecule has 2 aromatic rings. The van der Waals surface area contributed by atoms with Crippen LogP contribution in [0.15, 0.2) is 60.7 Å². The van der Waals surface area contributed by atoms with Crippen molar-refractivity contribution >= 4 is 23.7 Å². The number of benzene rings is 2. The number of likely N-dealkylation sites (tertiary alicyclic amines) is 2. The lowest BCUT2D eigenvalue weighted by Crippen LogP contribution is -2.51. The average Bonchev–Trinajstić information content (AvgIpc) is 3.63. The molecule has 0 aromatic heterocycles. The maximum atomic E-state index is 13.5. The molecule has 2 aliphatic rings. The molecule has 0 radical (unpaired) electrons. The first-order valence-electron chi connectivity index (χ1n) is 14.2. The van der Waals surface area contributed by atoms with Gasteiger partial charge in [-0.25, -0.2) is 4.79 Å². The van der Waals surface area contributed by atoms with E-state index in [4.69, 9.17) is 5.73 Å². The minimum Gasteiger partial charge on any atom is -0.480 e. The first kappa shape index (κ1) is 29.3. The summed E-state index contributed by atoms with van der Waals surface area (Å²) in [6, 6.07) is 17.9. The van der Waals surface area contributed by atoms with Crippen LogP contribution in [0.2, 0.25) is 0 Å². The molecule has 0 saturated carbocycles. The minimum absolute atomic E-state index is 0.141. The first-order valence-corrected chi connectivity index (χ1v) is 14.2. The number of aliphatic carboxylic acids is 1. The van der Waals surface area contributed by atoms with Gasteiger partial charge in [0.05, 0.1) is 0 Å². The topological polar surface area (TPSA) is 133 Å². The highest BCUT2D eigenvalue weighted by Gasteiger charge is 2.42. The molecule has 2 aromatic carbocycles. The number of hydrogen-bond donors (Lipinski definition) is 3. The predicted molar refractivity (Wildman–Crippen MR) is 151 cm³/mol. The van der Waals surface area contributed by atoms with Crippen molar-refractivity contribution in [3.8, 4) is 0 Å². The Hall–Kier alpha value is -3.72. The number of hydrogen-bond acceptors (Lipinski definition) is 5. The Balaban J connectivity index is 1.36. The molecule has 3 amide bonds. The van der Waals surface area contributed by atoms with Crippen molar-refractivity contribution in [2.24, 2.45) is 11.7 Å². The number of carboxylic acids is 1. The van der Waals surface area contributed by atoms with Gasteiger partial charge in [0.25, 0.3) is 0 Å². The summed E-state index contributed by atoms with van der Waals surface area (Å²) in [6.07, 6.45) is 3.89. The predicted octanol–water partition coefficient (Wildman–Crippen LogP) is 2.38. The lowest BCUT2D eigenvalue weighted by Gasteiger charge is -2.31. The molecule has 2 fully saturated rings. The zero-order chi connectivity index (χ0) is 28.5. The van der Waals surface area contributed by atoms with E-state index in [1.165, 1.54) is 4.90 Å². The van der Waals surface area contributed by atoms with Crippen LogP contribution in [0.3, 0.4) is 0 Å². The summed E-state index contributed by atoms with van der Waals surface area (Å²) in [7, 11) is 0. The monoisotopic (exact) mass is 548 g/mol. The fourth-order valence-electron chi connectivity index (χ4n) is 5.89. The van der Waals surface area contributed by atoms with Crippen LogP contribution in [0.1, 0.15) is 49.7 Å². The number of amides is 3. The van der Waals surface area contributed by atoms with Crippen LogP contribution in [0, 0.1) is 5.92 Å². The van der Waals surface area contributed by atoms with Crippen molar-refractivity contribution in [3.05, 3.63) is 71.8 Å². The van der Waals surface area contributed by atoms with Gasteiger partial charge in [-0.1, -0.05) is 60.7 Å². The number of nitrogens with one attached hydrogen (secondary N) is 1. The number of carbonyl (C=O) groups excluding carboxylic acids is 3. The SMILES string of the molecule is NC(CC(=O)NCC(CC(=O)N1CCCC1C(=O)N1CCCC1C(=O)O)Cc1ccccc1)Cc1ccccc1. The van der Waals surface area contributed by atoms with Crippen molar-refractivity contribution in [3.63, 3.8) is 0 Å². The normalized spacial score (nSPS) is 20.2. The highest BCUT2D eigenvalue weighted by atomic mass is 16.4. The summed E-state index contributed by atoms with van der Waals surface area (Å²) in [5.41, 5.74) is 8.37. The van der Waals surface area contributed by atoms with Gasteiger partial charge in [0, 0.05) is 38.5 Å². The number of carboxylic acid groups (broad SMARTS) is 1. The summed E-state index contributed by atoms with van der Waals surface area (Å²) >= 11 is 0. The van der Waals surface area contributed by atoms with E-state index >= 15 is 0 Å². The molecule has 2 aliphatic heterocycles. The second-order valence-corrected chi connectivity index (χ2v) is 11.0. The van der Waals surface area contributed by atoms with Gasteiger partial charge in [0.2, 0.25) is 17.7 Å². The number of rotatable bonds is 12. The maximum Gasteiger partial charge on any atom is 0.326 e. The summed E-state index contributed by atoms with van der Waals surface area (Å²) in [5.74, 6) is -1.73. The second-order valence-electron chi connectivity index (χ2n) is 11.0. The van der Waals surface area contributed by atoms with Gasteiger partial charge in [-0.05, 0) is 55.6 Å². The van der Waals surface area contributed by atoms with Gasteiger partial charge in [0.15, 0.2) is 0 Å². The van der Waals surface area contributed by atoms with Crippen LogP contribution >= 0.6 is 0 Å². The molecule has 2 saturated heterocycles. The molecule has 9 nitrogen and oxygen atoms in total. The molecule has 214 valence electrons. The molecule has 0 bridgehead atoms. The van der Waals surface area contributed by atoms with E-state index in [0.717, 1.165) is 11.1 Å². The highest BCUT2D eigenvalue weighted by Crippen LogP contribution is 2.26. The Kier molecular flexibility index (Phi) is 10.3. The van der Waals surface area contributed by atoms with E-state index < -0.39 is 18.1 Å². The summed E-state index contributed by atoms with van der Waals surface area (Å²) in [5, 5.41) is 12.5. The molecule has 40 heavy (non-hydrogen) atoms. The lowest BCUT2D eigenvalue weighted by molar-refractivity contribution is -0.151. The van der Waals surface area contributed by atoms with Crippen LogP contribution in [-0.2, 0) is 32.0 Å². The largest absolute Gasteiger partial charge is 0.480 e. The van der Waals surface area contributed by atoms with Crippen molar-refractivity contribution in [2.75, 3.05) is 19.6 Å². The fourth-order valence-corrected chi connectivity index (χ4v) is 5.89. The van der Waals surface area contributed by atoms with Crippen molar-refractivity contribution < 1.29 is 24.3 Å². The lowest BCUT2D eigenvalue weighted by atomic mass is 9.95. The smallest absolute Gasteiger partial charge is 0.326 e. The number of nitrogens with two attached hydrogens (primary N) is 1. The van der Waals surface area contributed by atoms with Crippen molar-refractivity contribution in [2.45, 2.75) is 69.5 Å². The third kappa shape index (κ3) is 7.91. The Bertz CT molecular complexity index is 1160. The van der Waals surface area contributed by atoms with Gasteiger partial charge in [-0.15, -0.1) is 0 Å². The molecule has 4 rings (SSSR count). The van der Waals surface area contributed by atoms with E-state index in [0.29, 0.717) is 58.2 Å². The molecule has 0 aliphatic carbocycles. The second kappa shape index (κ2) is 14.1. The first-order chi connectivity index (χ1) is 19.3. The van der Waals surface area contributed by atoms with Crippen LogP contribution in [0.5, 0.6) is 0 Å². The fraction of sp³-hybridized carbons (Fsp3) is 0.484. The van der Waals surface area contributed by atoms with E-state index in [2.05, 4.69) is 5.32 Å². The van der Waals surface area contributed by atoms with Gasteiger partial charge in [-0.3, -0.25) is 14.4 Å². The Morgan fingerprint density at radius 1 is 0.825 bits per heavy atom. The zero-order valence-electron chi connectivity index (χ0n) is 22.9. The van der Waals surface area contributed by atoms with E-state index in [1.54, 1.807) is 4.90 Å². The molecule has 0 spiro atoms. The molecule has 2 heterocycles. The molecular weight excluding hydrogens is 508 g/mol. The van der Waals surface area contributed by atoms with Crippen LogP contribution in [0.4, 0.5) is 0 Å². The Morgan fingerprint density at radius 2 is 1.40 bits per heavy atom. The highest BCUT2D eigenvalue weighted by molar-refractivity contribution is 5.91. The van der Waals surface area contributed by atoms with Gasteiger partial charge >= 0.3 is 5.97 Å². The zero-order valence-corrected chi connectivity index (χ0v) is 22.9. The summed E-state index contributed by atoms with van der Waals surface area (Å²) in [6.45, 7) is 1.19. The molecule has 4 N–H and O–H groups in total. The Morgan fingerprint density at radius 3 is 2.02 bits per heavy atom. The molecular formula is C31H40N4O5. The molecule has 4 atom stereocenters.